The van der Waals surface area contributed by atoms with Crippen molar-refractivity contribution in [3.8, 4) is 0 Å². The van der Waals surface area contributed by atoms with Crippen molar-refractivity contribution < 1.29 is 14.3 Å². The number of thiophene rings is 1. The summed E-state index contributed by atoms with van der Waals surface area (Å²) in [7, 11) is 0. The van der Waals surface area contributed by atoms with Gasteiger partial charge in [-0.2, -0.15) is 0 Å². The summed E-state index contributed by atoms with van der Waals surface area (Å²) in [6.07, 6.45) is 2.29. The van der Waals surface area contributed by atoms with Crippen molar-refractivity contribution in [2.75, 3.05) is 6.61 Å². The molecule has 3 rings (SSSR count). The van der Waals surface area contributed by atoms with E-state index < -0.39 is 11.9 Å². The monoisotopic (exact) mass is 340 g/mol. The summed E-state index contributed by atoms with van der Waals surface area (Å²) < 4.78 is 5.17. The maximum atomic E-state index is 12.7. The molecule has 0 fully saturated rings. The van der Waals surface area contributed by atoms with Gasteiger partial charge in [0.15, 0.2) is 5.78 Å². The van der Waals surface area contributed by atoms with Crippen molar-refractivity contribution in [1.29, 1.82) is 0 Å². The van der Waals surface area contributed by atoms with Crippen LogP contribution in [-0.2, 0) is 14.3 Å². The lowest BCUT2D eigenvalue weighted by molar-refractivity contribution is -0.151. The smallest absolute Gasteiger partial charge is 0.317 e. The third kappa shape index (κ3) is 3.34. The molecule has 1 aliphatic carbocycles. The van der Waals surface area contributed by atoms with E-state index in [1.165, 1.54) is 0 Å². The summed E-state index contributed by atoms with van der Waals surface area (Å²) in [5.41, 5.74) is 3.16. The number of carbonyl (C=O) groups excluding carboxylic acids is 2. The van der Waals surface area contributed by atoms with Crippen LogP contribution < -0.4 is 0 Å². The van der Waals surface area contributed by atoms with Crippen LogP contribution in [0.3, 0.4) is 0 Å². The van der Waals surface area contributed by atoms with Crippen LogP contribution >= 0.6 is 11.3 Å². The molecular weight excluding hydrogens is 320 g/mol. The molecule has 0 amide bonds. The van der Waals surface area contributed by atoms with Crippen molar-refractivity contribution in [2.45, 2.75) is 26.2 Å². The molecule has 1 heterocycles. The van der Waals surface area contributed by atoms with E-state index in [0.717, 1.165) is 21.6 Å². The molecule has 24 heavy (non-hydrogen) atoms. The average Bonchev–Trinajstić information content (AvgIpc) is 3.09. The first-order valence-corrected chi connectivity index (χ1v) is 8.99. The molecule has 1 aromatic carbocycles. The molecule has 0 radical (unpaired) electrons. The summed E-state index contributed by atoms with van der Waals surface area (Å²) in [5.74, 6) is -1.51. The van der Waals surface area contributed by atoms with Crippen LogP contribution in [0.5, 0.6) is 0 Å². The van der Waals surface area contributed by atoms with Gasteiger partial charge in [-0.25, -0.2) is 0 Å². The Morgan fingerprint density at radius 2 is 2.00 bits per heavy atom. The summed E-state index contributed by atoms with van der Waals surface area (Å²) >= 11 is 1.61. The van der Waals surface area contributed by atoms with Gasteiger partial charge in [0.1, 0.15) is 5.92 Å². The number of ether oxygens (including phenoxy) is 1. The lowest BCUT2D eigenvalue weighted by Gasteiger charge is -2.29. The zero-order valence-corrected chi connectivity index (χ0v) is 14.6. The van der Waals surface area contributed by atoms with Crippen LogP contribution in [0.25, 0.3) is 5.57 Å². The summed E-state index contributed by atoms with van der Waals surface area (Å²) in [6.45, 7) is 4.07. The van der Waals surface area contributed by atoms with Gasteiger partial charge < -0.3 is 4.74 Å². The molecule has 0 unspecified atom stereocenters. The number of rotatable bonds is 4. The fourth-order valence-electron chi connectivity index (χ4n) is 3.14. The van der Waals surface area contributed by atoms with Gasteiger partial charge in [0.2, 0.25) is 0 Å². The number of hydrogen-bond donors (Lipinski definition) is 0. The highest BCUT2D eigenvalue weighted by molar-refractivity contribution is 7.11. The number of hydrogen-bond acceptors (Lipinski definition) is 4. The Labute approximate surface area is 146 Å². The Kier molecular flexibility index (Phi) is 4.95. The maximum Gasteiger partial charge on any atom is 0.317 e. The van der Waals surface area contributed by atoms with E-state index in [4.69, 9.17) is 4.74 Å². The van der Waals surface area contributed by atoms with Gasteiger partial charge in [-0.3, -0.25) is 9.59 Å². The SMILES string of the molecule is CCOC(=O)[C@H]1C(=O)C=C(c2cccs2)C[C@H]1c1ccc(C)cc1. The summed E-state index contributed by atoms with van der Waals surface area (Å²) in [4.78, 5) is 26.2. The topological polar surface area (TPSA) is 43.4 Å². The molecule has 1 aliphatic rings. The second-order valence-electron chi connectivity index (χ2n) is 6.00. The molecule has 0 saturated carbocycles. The highest BCUT2D eigenvalue weighted by Crippen LogP contribution is 2.41. The van der Waals surface area contributed by atoms with E-state index in [0.29, 0.717) is 6.42 Å². The molecule has 0 saturated heterocycles. The first-order valence-electron chi connectivity index (χ1n) is 8.11. The number of esters is 1. The molecular formula is C20H20O3S. The number of benzene rings is 1. The van der Waals surface area contributed by atoms with Crippen LogP contribution in [0.2, 0.25) is 0 Å². The Morgan fingerprint density at radius 1 is 1.25 bits per heavy atom. The quantitative estimate of drug-likeness (QED) is 0.613. The summed E-state index contributed by atoms with van der Waals surface area (Å²) in [5, 5.41) is 2.00. The summed E-state index contributed by atoms with van der Waals surface area (Å²) in [6, 6.07) is 12.0. The Hall–Kier alpha value is -2.20. The minimum atomic E-state index is -0.753. The van der Waals surface area contributed by atoms with Crippen LogP contribution in [0.1, 0.15) is 35.3 Å². The van der Waals surface area contributed by atoms with E-state index in [-0.39, 0.29) is 18.3 Å². The highest BCUT2D eigenvalue weighted by Gasteiger charge is 2.39. The van der Waals surface area contributed by atoms with Crippen molar-refractivity contribution in [3.63, 3.8) is 0 Å². The molecule has 1 aromatic heterocycles. The van der Waals surface area contributed by atoms with E-state index >= 15 is 0 Å². The highest BCUT2D eigenvalue weighted by atomic mass is 32.1. The Balaban J connectivity index is 2.00. The molecule has 124 valence electrons. The second-order valence-corrected chi connectivity index (χ2v) is 6.95. The zero-order valence-electron chi connectivity index (χ0n) is 13.8. The number of allylic oxidation sites excluding steroid dienone is 2. The molecule has 3 nitrogen and oxygen atoms in total. The normalized spacial score (nSPS) is 20.6. The number of aryl methyl sites for hydroxylation is 1. The lowest BCUT2D eigenvalue weighted by Crippen LogP contribution is -2.33. The van der Waals surface area contributed by atoms with E-state index in [9.17, 15) is 9.59 Å². The van der Waals surface area contributed by atoms with Crippen LogP contribution in [0.4, 0.5) is 0 Å². The zero-order chi connectivity index (χ0) is 17.1. The van der Waals surface area contributed by atoms with Crippen molar-refractivity contribution >= 4 is 28.7 Å². The van der Waals surface area contributed by atoms with Gasteiger partial charge in [-0.1, -0.05) is 35.9 Å². The average molecular weight is 340 g/mol. The molecule has 2 atom stereocenters. The van der Waals surface area contributed by atoms with Gasteiger partial charge in [0.05, 0.1) is 6.61 Å². The second kappa shape index (κ2) is 7.14. The molecule has 2 aromatic rings. The molecule has 4 heteroatoms. The van der Waals surface area contributed by atoms with E-state index in [2.05, 4.69) is 0 Å². The Morgan fingerprint density at radius 3 is 2.62 bits per heavy atom. The minimum Gasteiger partial charge on any atom is -0.465 e. The van der Waals surface area contributed by atoms with Crippen molar-refractivity contribution in [1.82, 2.24) is 0 Å². The van der Waals surface area contributed by atoms with Crippen molar-refractivity contribution in [3.05, 3.63) is 63.9 Å². The molecule has 0 N–H and O–H groups in total. The lowest BCUT2D eigenvalue weighted by atomic mass is 9.74. The first-order chi connectivity index (χ1) is 11.6. The molecule has 0 spiro atoms. The van der Waals surface area contributed by atoms with Crippen LogP contribution in [0, 0.1) is 12.8 Å². The van der Waals surface area contributed by atoms with Crippen LogP contribution in [-0.4, -0.2) is 18.4 Å². The third-order valence-electron chi connectivity index (χ3n) is 4.35. The fraction of sp³-hybridized carbons (Fsp3) is 0.300. The predicted octanol–water partition coefficient (Wildman–Crippen LogP) is 4.38. The number of ketones is 1. The largest absolute Gasteiger partial charge is 0.465 e. The standard InChI is InChI=1S/C20H20O3S/c1-3-23-20(22)19-16(14-8-6-13(2)7-9-14)11-15(12-17(19)21)18-5-4-10-24-18/h4-10,12,16,19H,3,11H2,1-2H3/t16-,19+/m0/s1. The minimum absolute atomic E-state index is 0.159. The van der Waals surface area contributed by atoms with Gasteiger partial charge in [0, 0.05) is 10.8 Å². The predicted molar refractivity (Wildman–Crippen MR) is 96.0 cm³/mol. The van der Waals surface area contributed by atoms with Crippen molar-refractivity contribution in [2.24, 2.45) is 5.92 Å². The van der Waals surface area contributed by atoms with Crippen LogP contribution in [0.15, 0.2) is 47.9 Å². The molecule has 0 aliphatic heterocycles. The van der Waals surface area contributed by atoms with Gasteiger partial charge >= 0.3 is 5.97 Å². The van der Waals surface area contributed by atoms with E-state index in [1.807, 2.05) is 48.7 Å². The van der Waals surface area contributed by atoms with E-state index in [1.54, 1.807) is 24.3 Å². The first kappa shape index (κ1) is 16.7. The maximum absolute atomic E-state index is 12.7. The third-order valence-corrected chi connectivity index (χ3v) is 5.29. The number of carbonyl (C=O) groups is 2. The Bertz CT molecular complexity index is 757. The van der Waals surface area contributed by atoms with Gasteiger partial charge in [-0.15, -0.1) is 11.3 Å². The van der Waals surface area contributed by atoms with Gasteiger partial charge in [0.25, 0.3) is 0 Å². The van der Waals surface area contributed by atoms with Gasteiger partial charge in [-0.05, 0) is 48.9 Å². The molecule has 0 bridgehead atoms. The fourth-order valence-corrected chi connectivity index (χ4v) is 3.90.